The van der Waals surface area contributed by atoms with E-state index in [1.165, 1.54) is 0 Å². The van der Waals surface area contributed by atoms with Crippen LogP contribution in [0, 0.1) is 0 Å². The maximum Gasteiger partial charge on any atom is 0.219 e. The fraction of sp³-hybridized carbons (Fsp3) is 0.500. The predicted molar refractivity (Wildman–Crippen MR) is 81.1 cm³/mol. The monoisotopic (exact) mass is 290 g/mol. The summed E-state index contributed by atoms with van der Waals surface area (Å²) in [5.74, 6) is 1.18. The molecule has 1 aliphatic heterocycles. The molecule has 0 aromatic carbocycles. The molecular weight excluding hydrogens is 272 g/mol. The SMILES string of the molecule is CC(=O)N(C)C1CCN(c2ncnc3ccsc23)CC1. The molecular formula is C14H18N4OS. The van der Waals surface area contributed by atoms with Crippen molar-refractivity contribution in [2.75, 3.05) is 25.0 Å². The first-order valence-corrected chi connectivity index (χ1v) is 7.71. The summed E-state index contributed by atoms with van der Waals surface area (Å²) in [6, 6.07) is 2.38. The van der Waals surface area contributed by atoms with Gasteiger partial charge < -0.3 is 9.80 Å². The second-order valence-corrected chi connectivity index (χ2v) is 6.10. The van der Waals surface area contributed by atoms with Gasteiger partial charge in [0, 0.05) is 33.1 Å². The molecule has 0 radical (unpaired) electrons. The van der Waals surface area contributed by atoms with Gasteiger partial charge in [-0.05, 0) is 24.3 Å². The number of carbonyl (C=O) groups excluding carboxylic acids is 1. The van der Waals surface area contributed by atoms with Gasteiger partial charge in [-0.3, -0.25) is 4.79 Å². The molecule has 3 rings (SSSR count). The molecule has 0 N–H and O–H groups in total. The average Bonchev–Trinajstić information content (AvgIpc) is 2.95. The summed E-state index contributed by atoms with van der Waals surface area (Å²) in [6.45, 7) is 3.50. The summed E-state index contributed by atoms with van der Waals surface area (Å²) in [5, 5.41) is 2.05. The van der Waals surface area contributed by atoms with Crippen molar-refractivity contribution in [2.45, 2.75) is 25.8 Å². The number of hydrogen-bond acceptors (Lipinski definition) is 5. The van der Waals surface area contributed by atoms with E-state index in [1.54, 1.807) is 24.6 Å². The molecule has 3 heterocycles. The van der Waals surface area contributed by atoms with Crippen molar-refractivity contribution in [3.63, 3.8) is 0 Å². The zero-order valence-electron chi connectivity index (χ0n) is 11.7. The van der Waals surface area contributed by atoms with Crippen molar-refractivity contribution in [3.8, 4) is 0 Å². The first kappa shape index (κ1) is 13.3. The molecule has 1 aliphatic rings. The van der Waals surface area contributed by atoms with E-state index in [-0.39, 0.29) is 5.91 Å². The number of thiophene rings is 1. The van der Waals surface area contributed by atoms with E-state index in [9.17, 15) is 4.79 Å². The number of hydrogen-bond donors (Lipinski definition) is 0. The first-order valence-electron chi connectivity index (χ1n) is 6.83. The van der Waals surface area contributed by atoms with Gasteiger partial charge in [0.25, 0.3) is 0 Å². The van der Waals surface area contributed by atoms with Crippen LogP contribution in [-0.2, 0) is 4.79 Å². The van der Waals surface area contributed by atoms with Gasteiger partial charge in [0.2, 0.25) is 5.91 Å². The van der Waals surface area contributed by atoms with Gasteiger partial charge >= 0.3 is 0 Å². The van der Waals surface area contributed by atoms with E-state index in [0.29, 0.717) is 6.04 Å². The van der Waals surface area contributed by atoms with Gasteiger partial charge in [-0.2, -0.15) is 0 Å². The van der Waals surface area contributed by atoms with E-state index < -0.39 is 0 Å². The molecule has 20 heavy (non-hydrogen) atoms. The van der Waals surface area contributed by atoms with Gasteiger partial charge in [-0.1, -0.05) is 0 Å². The number of fused-ring (bicyclic) bond motifs is 1. The van der Waals surface area contributed by atoms with Crippen molar-refractivity contribution < 1.29 is 4.79 Å². The number of piperidine rings is 1. The van der Waals surface area contributed by atoms with Gasteiger partial charge in [-0.15, -0.1) is 11.3 Å². The van der Waals surface area contributed by atoms with Crippen molar-refractivity contribution in [1.82, 2.24) is 14.9 Å². The van der Waals surface area contributed by atoms with Crippen LogP contribution < -0.4 is 4.90 Å². The van der Waals surface area contributed by atoms with E-state index in [1.807, 2.05) is 18.0 Å². The fourth-order valence-corrected chi connectivity index (χ4v) is 3.58. The Balaban J connectivity index is 1.75. The topological polar surface area (TPSA) is 49.3 Å². The molecule has 2 aromatic rings. The van der Waals surface area contributed by atoms with Crippen LogP contribution >= 0.6 is 11.3 Å². The average molecular weight is 290 g/mol. The molecule has 1 saturated heterocycles. The van der Waals surface area contributed by atoms with Crippen molar-refractivity contribution in [1.29, 1.82) is 0 Å². The quantitative estimate of drug-likeness (QED) is 0.850. The molecule has 5 nitrogen and oxygen atoms in total. The van der Waals surface area contributed by atoms with Gasteiger partial charge in [0.15, 0.2) is 0 Å². The van der Waals surface area contributed by atoms with Crippen LogP contribution in [-0.4, -0.2) is 47.0 Å². The number of nitrogens with zero attached hydrogens (tertiary/aromatic N) is 4. The Kier molecular flexibility index (Phi) is 3.56. The maximum atomic E-state index is 11.4. The van der Waals surface area contributed by atoms with E-state index in [4.69, 9.17) is 0 Å². The lowest BCUT2D eigenvalue weighted by Crippen LogP contribution is -2.45. The molecule has 106 valence electrons. The summed E-state index contributed by atoms with van der Waals surface area (Å²) >= 11 is 1.69. The Morgan fingerprint density at radius 2 is 2.15 bits per heavy atom. The van der Waals surface area contributed by atoms with Crippen LogP contribution in [0.15, 0.2) is 17.8 Å². The van der Waals surface area contributed by atoms with Gasteiger partial charge in [0.1, 0.15) is 12.1 Å². The molecule has 0 atom stereocenters. The van der Waals surface area contributed by atoms with Crippen LogP contribution in [0.2, 0.25) is 0 Å². The number of amides is 1. The highest BCUT2D eigenvalue weighted by molar-refractivity contribution is 7.17. The number of aromatic nitrogens is 2. The number of rotatable bonds is 2. The van der Waals surface area contributed by atoms with E-state index in [2.05, 4.69) is 20.2 Å². The number of anilines is 1. The second-order valence-electron chi connectivity index (χ2n) is 5.18. The third-order valence-electron chi connectivity index (χ3n) is 4.03. The smallest absolute Gasteiger partial charge is 0.219 e. The second kappa shape index (κ2) is 5.36. The lowest BCUT2D eigenvalue weighted by molar-refractivity contribution is -0.129. The third kappa shape index (κ3) is 2.35. The molecule has 1 amide bonds. The van der Waals surface area contributed by atoms with Crippen LogP contribution in [0.3, 0.4) is 0 Å². The zero-order chi connectivity index (χ0) is 14.1. The highest BCUT2D eigenvalue weighted by Crippen LogP contribution is 2.30. The molecule has 0 aliphatic carbocycles. The summed E-state index contributed by atoms with van der Waals surface area (Å²) < 4.78 is 1.16. The van der Waals surface area contributed by atoms with Crippen LogP contribution in [0.4, 0.5) is 5.82 Å². The highest BCUT2D eigenvalue weighted by Gasteiger charge is 2.25. The molecule has 2 aromatic heterocycles. The molecule has 1 fully saturated rings. The lowest BCUT2D eigenvalue weighted by atomic mass is 10.0. The van der Waals surface area contributed by atoms with Crippen LogP contribution in [0.1, 0.15) is 19.8 Å². The molecule has 0 saturated carbocycles. The van der Waals surface area contributed by atoms with Crippen LogP contribution in [0.25, 0.3) is 10.2 Å². The lowest BCUT2D eigenvalue weighted by Gasteiger charge is -2.37. The summed E-state index contributed by atoms with van der Waals surface area (Å²) in [5.41, 5.74) is 1.02. The summed E-state index contributed by atoms with van der Waals surface area (Å²) in [4.78, 5) is 24.3. The Hall–Kier alpha value is -1.69. The molecule has 0 spiro atoms. The normalized spacial score (nSPS) is 16.6. The Morgan fingerprint density at radius 1 is 1.40 bits per heavy atom. The largest absolute Gasteiger partial charge is 0.355 e. The Bertz CT molecular complexity index is 618. The summed E-state index contributed by atoms with van der Waals surface area (Å²) in [6.07, 6.45) is 3.62. The molecule has 0 unspecified atom stereocenters. The minimum atomic E-state index is 0.145. The van der Waals surface area contributed by atoms with Gasteiger partial charge in [-0.25, -0.2) is 9.97 Å². The van der Waals surface area contributed by atoms with Crippen molar-refractivity contribution >= 4 is 33.3 Å². The van der Waals surface area contributed by atoms with Crippen molar-refractivity contribution in [2.24, 2.45) is 0 Å². The third-order valence-corrected chi connectivity index (χ3v) is 4.93. The predicted octanol–water partition coefficient (Wildman–Crippen LogP) is 2.14. The Morgan fingerprint density at radius 3 is 2.85 bits per heavy atom. The summed E-state index contributed by atoms with van der Waals surface area (Å²) in [7, 11) is 1.89. The fourth-order valence-electron chi connectivity index (χ4n) is 2.72. The minimum Gasteiger partial charge on any atom is -0.355 e. The molecule has 0 bridgehead atoms. The number of carbonyl (C=O) groups is 1. The standard InChI is InChI=1S/C14H18N4OS/c1-10(19)17(2)11-3-6-18(7-4-11)14-13-12(5-8-20-13)15-9-16-14/h5,8-9,11H,3-4,6-7H2,1-2H3. The highest BCUT2D eigenvalue weighted by atomic mass is 32.1. The Labute approximate surface area is 122 Å². The van der Waals surface area contributed by atoms with Crippen molar-refractivity contribution in [3.05, 3.63) is 17.8 Å². The zero-order valence-corrected chi connectivity index (χ0v) is 12.6. The van der Waals surface area contributed by atoms with E-state index >= 15 is 0 Å². The van der Waals surface area contributed by atoms with E-state index in [0.717, 1.165) is 42.0 Å². The van der Waals surface area contributed by atoms with Crippen LogP contribution in [0.5, 0.6) is 0 Å². The van der Waals surface area contributed by atoms with Gasteiger partial charge in [0.05, 0.1) is 10.2 Å². The maximum absolute atomic E-state index is 11.4. The molecule has 6 heteroatoms. The minimum absolute atomic E-state index is 0.145. The first-order chi connectivity index (χ1) is 9.66.